The van der Waals surface area contributed by atoms with Crippen molar-refractivity contribution in [2.45, 2.75) is 37.9 Å². The summed E-state index contributed by atoms with van der Waals surface area (Å²) in [7, 11) is 0. The molecule has 0 radical (unpaired) electrons. The van der Waals surface area contributed by atoms with Crippen LogP contribution in [0, 0.1) is 5.92 Å². The average molecular weight is 256 g/mol. The summed E-state index contributed by atoms with van der Waals surface area (Å²) in [5.41, 5.74) is 0. The van der Waals surface area contributed by atoms with E-state index < -0.39 is 0 Å². The number of carbonyl (C=O) groups excluding carboxylic acids is 1. The standard InChI is InChI=1S/C13H24N2OS/c1-13(2)5-7-15(8-9-17-13)12(16)11-4-3-6-14-10-11/h11,14H,3-10H2,1-2H3. The second-order valence-corrected chi connectivity index (χ2v) is 7.53. The predicted molar refractivity (Wildman–Crippen MR) is 73.3 cm³/mol. The Hall–Kier alpha value is -0.220. The van der Waals surface area contributed by atoms with E-state index in [-0.39, 0.29) is 5.92 Å². The largest absolute Gasteiger partial charge is 0.342 e. The lowest BCUT2D eigenvalue weighted by atomic mass is 9.97. The summed E-state index contributed by atoms with van der Waals surface area (Å²) in [4.78, 5) is 14.5. The van der Waals surface area contributed by atoms with E-state index in [9.17, 15) is 4.79 Å². The van der Waals surface area contributed by atoms with Crippen LogP contribution in [0.15, 0.2) is 0 Å². The van der Waals surface area contributed by atoms with Gasteiger partial charge < -0.3 is 10.2 Å². The Bertz CT molecular complexity index is 275. The van der Waals surface area contributed by atoms with Crippen LogP contribution in [-0.2, 0) is 4.79 Å². The number of thioether (sulfide) groups is 1. The summed E-state index contributed by atoms with van der Waals surface area (Å²) in [6.45, 7) is 8.40. The van der Waals surface area contributed by atoms with Gasteiger partial charge in [0.25, 0.3) is 0 Å². The molecule has 2 aliphatic heterocycles. The molecule has 1 atom stereocenters. The lowest BCUT2D eigenvalue weighted by molar-refractivity contribution is -0.135. The maximum atomic E-state index is 12.4. The maximum Gasteiger partial charge on any atom is 0.226 e. The first-order valence-electron chi connectivity index (χ1n) is 6.72. The molecule has 0 aliphatic carbocycles. The van der Waals surface area contributed by atoms with Crippen LogP contribution in [0.1, 0.15) is 33.1 Å². The van der Waals surface area contributed by atoms with Crippen LogP contribution < -0.4 is 5.32 Å². The Morgan fingerprint density at radius 1 is 1.41 bits per heavy atom. The molecule has 0 aromatic carbocycles. The first kappa shape index (κ1) is 13.2. The molecule has 98 valence electrons. The number of amides is 1. The molecular formula is C13H24N2OS. The molecule has 2 rings (SSSR count). The van der Waals surface area contributed by atoms with Crippen molar-refractivity contribution in [3.63, 3.8) is 0 Å². The SMILES string of the molecule is CC1(C)CCN(C(=O)C2CCCNC2)CCS1. The van der Waals surface area contributed by atoms with Gasteiger partial charge in [0.1, 0.15) is 0 Å². The van der Waals surface area contributed by atoms with Crippen molar-refractivity contribution >= 4 is 17.7 Å². The van der Waals surface area contributed by atoms with Gasteiger partial charge in [-0.25, -0.2) is 0 Å². The molecule has 0 aromatic heterocycles. The Morgan fingerprint density at radius 3 is 2.94 bits per heavy atom. The van der Waals surface area contributed by atoms with Crippen LogP contribution in [0.4, 0.5) is 0 Å². The van der Waals surface area contributed by atoms with Gasteiger partial charge in [0, 0.05) is 30.1 Å². The summed E-state index contributed by atoms with van der Waals surface area (Å²) in [5.74, 6) is 1.70. The average Bonchev–Trinajstić information content (AvgIpc) is 2.50. The van der Waals surface area contributed by atoms with Gasteiger partial charge in [-0.1, -0.05) is 13.8 Å². The number of nitrogens with zero attached hydrogens (tertiary/aromatic N) is 1. The molecule has 3 nitrogen and oxygen atoms in total. The number of piperidine rings is 1. The number of carbonyl (C=O) groups is 1. The molecule has 2 saturated heterocycles. The van der Waals surface area contributed by atoms with E-state index in [0.717, 1.165) is 51.2 Å². The molecule has 2 aliphatic rings. The second kappa shape index (κ2) is 5.61. The van der Waals surface area contributed by atoms with Crippen molar-refractivity contribution in [1.82, 2.24) is 10.2 Å². The molecule has 4 heteroatoms. The molecule has 0 bridgehead atoms. The monoisotopic (exact) mass is 256 g/mol. The molecule has 1 unspecified atom stereocenters. The van der Waals surface area contributed by atoms with E-state index in [2.05, 4.69) is 24.1 Å². The minimum absolute atomic E-state index is 0.231. The van der Waals surface area contributed by atoms with Gasteiger partial charge >= 0.3 is 0 Å². The normalized spacial score (nSPS) is 29.8. The Morgan fingerprint density at radius 2 is 2.24 bits per heavy atom. The molecule has 1 amide bonds. The summed E-state index contributed by atoms with van der Waals surface area (Å²) in [5, 5.41) is 3.33. The fourth-order valence-electron chi connectivity index (χ4n) is 2.56. The van der Waals surface area contributed by atoms with Gasteiger partial charge in [0.15, 0.2) is 0 Å². The van der Waals surface area contributed by atoms with E-state index in [1.165, 1.54) is 0 Å². The summed E-state index contributed by atoms with van der Waals surface area (Å²) in [6.07, 6.45) is 3.33. The highest BCUT2D eigenvalue weighted by molar-refractivity contribution is 8.00. The lowest BCUT2D eigenvalue weighted by Gasteiger charge is -2.29. The molecule has 0 saturated carbocycles. The summed E-state index contributed by atoms with van der Waals surface area (Å²) in [6, 6.07) is 0. The van der Waals surface area contributed by atoms with E-state index >= 15 is 0 Å². The van der Waals surface area contributed by atoms with Crippen LogP contribution in [0.25, 0.3) is 0 Å². The minimum Gasteiger partial charge on any atom is -0.342 e. The number of hydrogen-bond donors (Lipinski definition) is 1. The third kappa shape index (κ3) is 3.62. The smallest absolute Gasteiger partial charge is 0.226 e. The van der Waals surface area contributed by atoms with Crippen LogP contribution in [0.5, 0.6) is 0 Å². The highest BCUT2D eigenvalue weighted by Crippen LogP contribution is 2.31. The lowest BCUT2D eigenvalue weighted by Crippen LogP contribution is -2.44. The number of nitrogens with one attached hydrogen (secondary N) is 1. The number of hydrogen-bond acceptors (Lipinski definition) is 3. The fourth-order valence-corrected chi connectivity index (χ4v) is 3.66. The maximum absolute atomic E-state index is 12.4. The summed E-state index contributed by atoms with van der Waals surface area (Å²) < 4.78 is 0.333. The molecule has 2 heterocycles. The van der Waals surface area contributed by atoms with Gasteiger partial charge in [-0.3, -0.25) is 4.79 Å². The first-order valence-corrected chi connectivity index (χ1v) is 7.70. The van der Waals surface area contributed by atoms with Gasteiger partial charge in [0.05, 0.1) is 5.92 Å². The van der Waals surface area contributed by atoms with Crippen molar-refractivity contribution in [2.75, 3.05) is 31.9 Å². The van der Waals surface area contributed by atoms with Gasteiger partial charge in [-0.15, -0.1) is 0 Å². The fraction of sp³-hybridized carbons (Fsp3) is 0.923. The Labute approximate surface area is 109 Å². The molecule has 1 N–H and O–H groups in total. The molecule has 2 fully saturated rings. The van der Waals surface area contributed by atoms with Crippen molar-refractivity contribution in [3.8, 4) is 0 Å². The molecule has 17 heavy (non-hydrogen) atoms. The van der Waals surface area contributed by atoms with Crippen molar-refractivity contribution in [3.05, 3.63) is 0 Å². The minimum atomic E-state index is 0.231. The van der Waals surface area contributed by atoms with E-state index in [1.54, 1.807) is 0 Å². The van der Waals surface area contributed by atoms with Crippen LogP contribution in [0.3, 0.4) is 0 Å². The number of rotatable bonds is 1. The van der Waals surface area contributed by atoms with Gasteiger partial charge in [-0.2, -0.15) is 11.8 Å². The van der Waals surface area contributed by atoms with Crippen LogP contribution in [0.2, 0.25) is 0 Å². The predicted octanol–water partition coefficient (Wildman–Crippen LogP) is 1.73. The highest BCUT2D eigenvalue weighted by Gasteiger charge is 2.30. The van der Waals surface area contributed by atoms with Gasteiger partial charge in [0.2, 0.25) is 5.91 Å². The highest BCUT2D eigenvalue weighted by atomic mass is 32.2. The Balaban J connectivity index is 1.90. The third-order valence-electron chi connectivity index (χ3n) is 3.80. The zero-order chi connectivity index (χ0) is 12.3. The van der Waals surface area contributed by atoms with Crippen molar-refractivity contribution in [2.24, 2.45) is 5.92 Å². The molecular weight excluding hydrogens is 232 g/mol. The van der Waals surface area contributed by atoms with E-state index in [1.807, 2.05) is 11.8 Å². The second-order valence-electron chi connectivity index (χ2n) is 5.73. The quantitative estimate of drug-likeness (QED) is 0.775. The zero-order valence-corrected chi connectivity index (χ0v) is 11.8. The van der Waals surface area contributed by atoms with Gasteiger partial charge in [-0.05, 0) is 25.8 Å². The van der Waals surface area contributed by atoms with Crippen LogP contribution >= 0.6 is 11.8 Å². The molecule has 0 spiro atoms. The van der Waals surface area contributed by atoms with E-state index in [4.69, 9.17) is 0 Å². The van der Waals surface area contributed by atoms with Crippen molar-refractivity contribution < 1.29 is 4.79 Å². The third-order valence-corrected chi connectivity index (χ3v) is 5.17. The Kier molecular flexibility index (Phi) is 4.36. The van der Waals surface area contributed by atoms with Crippen molar-refractivity contribution in [1.29, 1.82) is 0 Å². The first-order chi connectivity index (χ1) is 8.08. The molecule has 0 aromatic rings. The summed E-state index contributed by atoms with van der Waals surface area (Å²) >= 11 is 2.00. The zero-order valence-electron chi connectivity index (χ0n) is 11.0. The van der Waals surface area contributed by atoms with E-state index in [0.29, 0.717) is 10.7 Å². The topological polar surface area (TPSA) is 32.3 Å². The van der Waals surface area contributed by atoms with Crippen LogP contribution in [-0.4, -0.2) is 47.5 Å².